The molecule has 4 rings (SSSR count). The van der Waals surface area contributed by atoms with E-state index >= 15 is 0 Å². The van der Waals surface area contributed by atoms with Crippen LogP contribution < -0.4 is 11.5 Å². The van der Waals surface area contributed by atoms with Gasteiger partial charge in [0.25, 0.3) is 0 Å². The van der Waals surface area contributed by atoms with Gasteiger partial charge < -0.3 is 21.1 Å². The molecule has 0 spiro atoms. The van der Waals surface area contributed by atoms with Crippen molar-refractivity contribution in [1.82, 2.24) is 4.90 Å². The number of hydrogen-bond donors (Lipinski definition) is 2. The van der Waals surface area contributed by atoms with Crippen molar-refractivity contribution in [1.29, 1.82) is 0 Å². The normalized spacial score (nSPS) is 15.9. The number of ether oxygens (including phenoxy) is 1. The van der Waals surface area contributed by atoms with E-state index in [1.165, 1.54) is 11.1 Å². The van der Waals surface area contributed by atoms with Gasteiger partial charge in [0.15, 0.2) is 0 Å². The van der Waals surface area contributed by atoms with Gasteiger partial charge in [-0.1, -0.05) is 72.8 Å². The van der Waals surface area contributed by atoms with Crippen molar-refractivity contribution in [2.75, 3.05) is 32.0 Å². The molecule has 1 saturated heterocycles. The van der Waals surface area contributed by atoms with Crippen LogP contribution in [0.1, 0.15) is 43.4 Å². The molecule has 1 heterocycles. The van der Waals surface area contributed by atoms with Gasteiger partial charge in [-0.3, -0.25) is 4.79 Å². The number of nitrogen functional groups attached to an aromatic ring is 1. The lowest BCUT2D eigenvalue weighted by molar-refractivity contribution is -0.152. The van der Waals surface area contributed by atoms with E-state index in [-0.39, 0.29) is 12.0 Å². The second kappa shape index (κ2) is 13.8. The Morgan fingerprint density at radius 1 is 0.917 bits per heavy atom. The van der Waals surface area contributed by atoms with Gasteiger partial charge in [-0.25, -0.2) is 0 Å². The van der Waals surface area contributed by atoms with Gasteiger partial charge in [0.2, 0.25) is 0 Å². The van der Waals surface area contributed by atoms with Crippen LogP contribution in [-0.4, -0.2) is 43.2 Å². The molecule has 0 amide bonds. The van der Waals surface area contributed by atoms with Crippen LogP contribution >= 0.6 is 0 Å². The summed E-state index contributed by atoms with van der Waals surface area (Å²) in [7, 11) is 0. The average Bonchev–Trinajstić information content (AvgIpc) is 2.90. The van der Waals surface area contributed by atoms with E-state index in [2.05, 4.69) is 41.3 Å². The first-order chi connectivity index (χ1) is 17.4. The van der Waals surface area contributed by atoms with E-state index in [1.807, 2.05) is 62.4 Å². The Morgan fingerprint density at radius 2 is 1.50 bits per heavy atom. The van der Waals surface area contributed by atoms with Gasteiger partial charge >= 0.3 is 5.97 Å². The van der Waals surface area contributed by atoms with Crippen LogP contribution in [0.5, 0.6) is 0 Å². The lowest BCUT2D eigenvalue weighted by Gasteiger charge is -2.40. The first-order valence-electron chi connectivity index (χ1n) is 13.0. The molecule has 4 N–H and O–H groups in total. The third kappa shape index (κ3) is 7.94. The SMILES string of the molecule is CC(N)Cc1ccccc1.CCOC(=O)C1(c2ccccc2)CCN(CCc2ccc(N)cc2)CC1. The summed E-state index contributed by atoms with van der Waals surface area (Å²) >= 11 is 0. The Bertz CT molecular complexity index is 1030. The van der Waals surface area contributed by atoms with E-state index in [0.29, 0.717) is 6.61 Å². The highest BCUT2D eigenvalue weighted by Crippen LogP contribution is 2.37. The Morgan fingerprint density at radius 3 is 2.06 bits per heavy atom. The zero-order valence-electron chi connectivity index (χ0n) is 21.7. The van der Waals surface area contributed by atoms with Crippen molar-refractivity contribution in [2.24, 2.45) is 5.73 Å². The third-order valence-corrected chi connectivity index (χ3v) is 6.80. The standard InChI is InChI=1S/C22H28N2O2.C9H13N/c1-2-26-21(25)22(19-6-4-3-5-7-19)13-16-24(17-14-22)15-12-18-8-10-20(23)11-9-18;1-8(10)7-9-5-3-2-4-6-9/h3-11H,2,12-17,23H2,1H3;2-6,8H,7,10H2,1H3. The second-order valence-electron chi connectivity index (χ2n) is 9.67. The fourth-order valence-corrected chi connectivity index (χ4v) is 4.75. The average molecular weight is 488 g/mol. The molecule has 1 unspecified atom stereocenters. The number of hydrogen-bond acceptors (Lipinski definition) is 5. The van der Waals surface area contributed by atoms with Crippen LogP contribution in [0.2, 0.25) is 0 Å². The van der Waals surface area contributed by atoms with Gasteiger partial charge in [-0.2, -0.15) is 0 Å². The molecule has 36 heavy (non-hydrogen) atoms. The second-order valence-corrected chi connectivity index (χ2v) is 9.67. The maximum absolute atomic E-state index is 12.8. The highest BCUT2D eigenvalue weighted by atomic mass is 16.5. The molecule has 0 aliphatic carbocycles. The monoisotopic (exact) mass is 487 g/mol. The molecule has 1 aliphatic rings. The number of piperidine rings is 1. The number of anilines is 1. The highest BCUT2D eigenvalue weighted by Gasteiger charge is 2.44. The highest BCUT2D eigenvalue weighted by molar-refractivity contribution is 5.83. The van der Waals surface area contributed by atoms with Crippen molar-refractivity contribution in [3.05, 3.63) is 102 Å². The molecular weight excluding hydrogens is 446 g/mol. The number of rotatable bonds is 8. The molecule has 5 heteroatoms. The predicted molar refractivity (Wildman–Crippen MR) is 149 cm³/mol. The van der Waals surface area contributed by atoms with Gasteiger partial charge in [-0.15, -0.1) is 0 Å². The number of esters is 1. The number of nitrogens with zero attached hydrogens (tertiary/aromatic N) is 1. The van der Waals surface area contributed by atoms with Crippen molar-refractivity contribution in [3.63, 3.8) is 0 Å². The molecule has 192 valence electrons. The molecule has 0 aromatic heterocycles. The van der Waals surface area contributed by atoms with Gasteiger partial charge in [0.1, 0.15) is 0 Å². The molecule has 1 atom stereocenters. The van der Waals surface area contributed by atoms with E-state index in [9.17, 15) is 4.79 Å². The summed E-state index contributed by atoms with van der Waals surface area (Å²) in [6.07, 6.45) is 3.58. The molecule has 0 radical (unpaired) electrons. The predicted octanol–water partition coefficient (Wildman–Crippen LogP) is 4.98. The fourth-order valence-electron chi connectivity index (χ4n) is 4.75. The van der Waals surface area contributed by atoms with Crippen LogP contribution in [-0.2, 0) is 27.8 Å². The summed E-state index contributed by atoms with van der Waals surface area (Å²) in [5, 5.41) is 0. The first kappa shape index (κ1) is 27.4. The van der Waals surface area contributed by atoms with Crippen molar-refractivity contribution >= 4 is 11.7 Å². The summed E-state index contributed by atoms with van der Waals surface area (Å²) < 4.78 is 5.45. The zero-order valence-corrected chi connectivity index (χ0v) is 21.7. The van der Waals surface area contributed by atoms with Gasteiger partial charge in [0.05, 0.1) is 12.0 Å². The largest absolute Gasteiger partial charge is 0.465 e. The zero-order chi connectivity index (χ0) is 25.8. The lowest BCUT2D eigenvalue weighted by atomic mass is 9.72. The molecular formula is C31H41N3O2. The smallest absolute Gasteiger partial charge is 0.316 e. The molecule has 1 fully saturated rings. The molecule has 1 aliphatic heterocycles. The summed E-state index contributed by atoms with van der Waals surface area (Å²) in [6.45, 7) is 7.13. The quantitative estimate of drug-likeness (QED) is 0.346. The Balaban J connectivity index is 0.000000303. The van der Waals surface area contributed by atoms with Crippen LogP contribution in [0.25, 0.3) is 0 Å². The van der Waals surface area contributed by atoms with E-state index < -0.39 is 5.41 Å². The number of carbonyl (C=O) groups excluding carboxylic acids is 1. The van der Waals surface area contributed by atoms with Crippen LogP contribution in [0.15, 0.2) is 84.9 Å². The fraction of sp³-hybridized carbons (Fsp3) is 0.387. The number of likely N-dealkylation sites (tertiary alicyclic amines) is 1. The Labute approximate surface area is 216 Å². The first-order valence-corrected chi connectivity index (χ1v) is 13.0. The van der Waals surface area contributed by atoms with Crippen LogP contribution in [0.4, 0.5) is 5.69 Å². The minimum absolute atomic E-state index is 0.0793. The Hall–Kier alpha value is -3.15. The van der Waals surface area contributed by atoms with Crippen LogP contribution in [0, 0.1) is 0 Å². The van der Waals surface area contributed by atoms with Gasteiger partial charge in [0, 0.05) is 18.3 Å². The molecule has 3 aromatic rings. The number of benzene rings is 3. The number of carbonyl (C=O) groups is 1. The van der Waals surface area contributed by atoms with E-state index in [4.69, 9.17) is 16.2 Å². The van der Waals surface area contributed by atoms with Crippen molar-refractivity contribution in [3.8, 4) is 0 Å². The topological polar surface area (TPSA) is 81.6 Å². The molecule has 0 bridgehead atoms. The summed E-state index contributed by atoms with van der Waals surface area (Å²) in [5.74, 6) is -0.0793. The van der Waals surface area contributed by atoms with E-state index in [0.717, 1.165) is 56.6 Å². The maximum Gasteiger partial charge on any atom is 0.316 e. The van der Waals surface area contributed by atoms with Crippen molar-refractivity contribution in [2.45, 2.75) is 51.0 Å². The lowest BCUT2D eigenvalue weighted by Crippen LogP contribution is -2.48. The summed E-state index contributed by atoms with van der Waals surface area (Å²) in [5.41, 5.74) is 15.4. The minimum atomic E-state index is -0.505. The molecule has 3 aromatic carbocycles. The number of nitrogens with two attached hydrogens (primary N) is 2. The van der Waals surface area contributed by atoms with Gasteiger partial charge in [-0.05, 0) is 81.4 Å². The summed E-state index contributed by atoms with van der Waals surface area (Å²) in [4.78, 5) is 15.2. The maximum atomic E-state index is 12.8. The Kier molecular flexibility index (Phi) is 10.5. The molecule has 0 saturated carbocycles. The summed E-state index contributed by atoms with van der Waals surface area (Å²) in [6, 6.07) is 28.8. The van der Waals surface area contributed by atoms with E-state index in [1.54, 1.807) is 0 Å². The molecule has 5 nitrogen and oxygen atoms in total. The van der Waals surface area contributed by atoms with Crippen LogP contribution in [0.3, 0.4) is 0 Å². The third-order valence-electron chi connectivity index (χ3n) is 6.80. The minimum Gasteiger partial charge on any atom is -0.465 e. The van der Waals surface area contributed by atoms with Crippen molar-refractivity contribution < 1.29 is 9.53 Å².